The largest absolute Gasteiger partial charge is 0.494 e. The fraction of sp³-hybridized carbons (Fsp3) is 0.464. The number of hydrogen-bond acceptors (Lipinski definition) is 7. The Morgan fingerprint density at radius 2 is 1.84 bits per heavy atom. The summed E-state index contributed by atoms with van der Waals surface area (Å²) in [6.07, 6.45) is 0. The highest BCUT2D eigenvalue weighted by atomic mass is 16.5. The number of fused-ring (bicyclic) bond motifs is 1. The summed E-state index contributed by atoms with van der Waals surface area (Å²) in [5.41, 5.74) is 3.39. The van der Waals surface area contributed by atoms with Crippen LogP contribution < -0.4 is 14.4 Å². The van der Waals surface area contributed by atoms with Gasteiger partial charge in [-0.05, 0) is 42.2 Å². The molecule has 2 heterocycles. The number of hydrogen-bond donors (Lipinski definition) is 2. The minimum Gasteiger partial charge on any atom is -0.494 e. The summed E-state index contributed by atoms with van der Waals surface area (Å²) in [6, 6.07) is 6.91. The predicted molar refractivity (Wildman–Crippen MR) is 141 cm³/mol. The SMILES string of the molecule is CCOc1cc2c(cc1C(=O)O)C(=N)N(CC(=O)c1cc(N3CCOCC3)c(OC)c(C(C)(C)C)c1)C2. The van der Waals surface area contributed by atoms with Gasteiger partial charge in [-0.3, -0.25) is 10.2 Å². The molecule has 1 saturated heterocycles. The molecule has 4 rings (SSSR count). The Morgan fingerprint density at radius 3 is 2.43 bits per heavy atom. The summed E-state index contributed by atoms with van der Waals surface area (Å²) in [5.74, 6) is -0.0699. The van der Waals surface area contributed by atoms with Crippen LogP contribution in [0.3, 0.4) is 0 Å². The third kappa shape index (κ3) is 5.27. The molecule has 0 unspecified atom stereocenters. The number of nitrogens with one attached hydrogen (secondary N) is 1. The van der Waals surface area contributed by atoms with Gasteiger partial charge < -0.3 is 29.1 Å². The monoisotopic (exact) mass is 509 g/mol. The number of carboxylic acids is 1. The van der Waals surface area contributed by atoms with Crippen LogP contribution >= 0.6 is 0 Å². The van der Waals surface area contributed by atoms with Crippen molar-refractivity contribution in [2.24, 2.45) is 0 Å². The lowest BCUT2D eigenvalue weighted by Gasteiger charge is -2.33. The number of aromatic carboxylic acids is 1. The first-order chi connectivity index (χ1) is 17.5. The maximum absolute atomic E-state index is 13.6. The predicted octanol–water partition coefficient (Wildman–Crippen LogP) is 3.95. The second-order valence-electron chi connectivity index (χ2n) is 10.3. The summed E-state index contributed by atoms with van der Waals surface area (Å²) in [5, 5.41) is 18.3. The molecule has 0 amide bonds. The number of morpholine rings is 1. The average Bonchev–Trinajstić information content (AvgIpc) is 3.16. The molecular weight excluding hydrogens is 474 g/mol. The normalized spacial score (nSPS) is 15.5. The Balaban J connectivity index is 1.66. The van der Waals surface area contributed by atoms with E-state index in [1.165, 1.54) is 6.07 Å². The Bertz CT molecular complexity index is 1230. The second kappa shape index (κ2) is 10.4. The van der Waals surface area contributed by atoms with Crippen LogP contribution in [0.2, 0.25) is 0 Å². The van der Waals surface area contributed by atoms with E-state index in [0.717, 1.165) is 22.6 Å². The summed E-state index contributed by atoms with van der Waals surface area (Å²) < 4.78 is 16.9. The van der Waals surface area contributed by atoms with Crippen molar-refractivity contribution in [2.45, 2.75) is 39.7 Å². The number of benzene rings is 2. The van der Waals surface area contributed by atoms with Crippen molar-refractivity contribution in [3.05, 3.63) is 52.1 Å². The zero-order valence-electron chi connectivity index (χ0n) is 22.1. The molecular formula is C28H35N3O6. The molecule has 2 N–H and O–H groups in total. The van der Waals surface area contributed by atoms with E-state index in [4.69, 9.17) is 19.6 Å². The topological polar surface area (TPSA) is 112 Å². The summed E-state index contributed by atoms with van der Waals surface area (Å²) >= 11 is 0. The zero-order valence-corrected chi connectivity index (χ0v) is 22.1. The molecule has 0 saturated carbocycles. The van der Waals surface area contributed by atoms with Gasteiger partial charge in [0.25, 0.3) is 0 Å². The molecule has 0 bridgehead atoms. The summed E-state index contributed by atoms with van der Waals surface area (Å²) in [4.78, 5) is 29.2. The van der Waals surface area contributed by atoms with Crippen molar-refractivity contribution in [2.75, 3.05) is 51.5 Å². The number of ketones is 1. The van der Waals surface area contributed by atoms with Crippen LogP contribution in [0.5, 0.6) is 11.5 Å². The van der Waals surface area contributed by atoms with Gasteiger partial charge in [0.2, 0.25) is 0 Å². The lowest BCUT2D eigenvalue weighted by atomic mass is 9.84. The van der Waals surface area contributed by atoms with E-state index in [0.29, 0.717) is 50.6 Å². The van der Waals surface area contributed by atoms with Crippen LogP contribution in [-0.4, -0.2) is 74.2 Å². The van der Waals surface area contributed by atoms with E-state index in [-0.39, 0.29) is 34.9 Å². The molecule has 2 aliphatic rings. The Labute approximate surface area is 217 Å². The molecule has 0 spiro atoms. The zero-order chi connectivity index (χ0) is 26.9. The van der Waals surface area contributed by atoms with Crippen molar-refractivity contribution >= 4 is 23.3 Å². The van der Waals surface area contributed by atoms with E-state index in [1.54, 1.807) is 25.0 Å². The van der Waals surface area contributed by atoms with Gasteiger partial charge in [-0.2, -0.15) is 0 Å². The smallest absolute Gasteiger partial charge is 0.339 e. The minimum absolute atomic E-state index is 0.00164. The highest BCUT2D eigenvalue weighted by Crippen LogP contribution is 2.41. The quantitative estimate of drug-likeness (QED) is 0.515. The Hall–Kier alpha value is -3.59. The maximum atomic E-state index is 13.6. The number of amidine groups is 1. The first-order valence-corrected chi connectivity index (χ1v) is 12.5. The molecule has 1 fully saturated rings. The van der Waals surface area contributed by atoms with Crippen LogP contribution in [0.25, 0.3) is 0 Å². The molecule has 2 aromatic carbocycles. The molecule has 2 aromatic rings. The van der Waals surface area contributed by atoms with E-state index >= 15 is 0 Å². The number of ether oxygens (including phenoxy) is 3. The van der Waals surface area contributed by atoms with Crippen LogP contribution in [0, 0.1) is 5.41 Å². The third-order valence-electron chi connectivity index (χ3n) is 6.76. The van der Waals surface area contributed by atoms with E-state index in [2.05, 4.69) is 25.7 Å². The first kappa shape index (κ1) is 26.5. The number of methoxy groups -OCH3 is 1. The van der Waals surface area contributed by atoms with Gasteiger partial charge in [-0.1, -0.05) is 20.8 Å². The van der Waals surface area contributed by atoms with Crippen LogP contribution in [0.1, 0.15) is 65.1 Å². The number of carbonyl (C=O) groups is 2. The molecule has 0 atom stereocenters. The lowest BCUT2D eigenvalue weighted by molar-refractivity contribution is 0.0692. The molecule has 0 aliphatic carbocycles. The van der Waals surface area contributed by atoms with Gasteiger partial charge >= 0.3 is 5.97 Å². The number of Topliss-reactive ketones (excluding diaryl/α,β-unsaturated/α-hetero) is 1. The summed E-state index contributed by atoms with van der Waals surface area (Å²) in [7, 11) is 1.65. The van der Waals surface area contributed by atoms with Gasteiger partial charge in [-0.25, -0.2) is 4.79 Å². The first-order valence-electron chi connectivity index (χ1n) is 12.5. The summed E-state index contributed by atoms with van der Waals surface area (Å²) in [6.45, 7) is 11.3. The Kier molecular flexibility index (Phi) is 7.45. The van der Waals surface area contributed by atoms with Crippen LogP contribution in [0.15, 0.2) is 24.3 Å². The molecule has 0 aromatic heterocycles. The van der Waals surface area contributed by atoms with Crippen molar-refractivity contribution in [3.63, 3.8) is 0 Å². The van der Waals surface area contributed by atoms with Crippen molar-refractivity contribution in [1.82, 2.24) is 4.90 Å². The minimum atomic E-state index is -1.11. The number of carbonyl (C=O) groups excluding carboxylic acids is 1. The highest BCUT2D eigenvalue weighted by Gasteiger charge is 2.31. The van der Waals surface area contributed by atoms with Crippen molar-refractivity contribution in [3.8, 4) is 11.5 Å². The van der Waals surface area contributed by atoms with Gasteiger partial charge in [-0.15, -0.1) is 0 Å². The van der Waals surface area contributed by atoms with Gasteiger partial charge in [0.15, 0.2) is 5.78 Å². The molecule has 9 heteroatoms. The van der Waals surface area contributed by atoms with E-state index in [1.807, 2.05) is 12.1 Å². The van der Waals surface area contributed by atoms with Crippen molar-refractivity contribution < 1.29 is 28.9 Å². The fourth-order valence-corrected chi connectivity index (χ4v) is 4.86. The standard InChI is InChI=1S/C28H35N3O6/c1-6-37-24-13-18-15-31(26(29)19(18)14-20(24)27(33)34)16-23(32)17-11-21(28(2,3)4)25(35-5)22(12-17)30-7-9-36-10-8-30/h11-14,29H,6-10,15-16H2,1-5H3,(H,33,34). The maximum Gasteiger partial charge on any atom is 0.339 e. The van der Waals surface area contributed by atoms with Crippen molar-refractivity contribution in [1.29, 1.82) is 5.41 Å². The number of nitrogens with zero attached hydrogens (tertiary/aromatic N) is 2. The lowest BCUT2D eigenvalue weighted by Crippen LogP contribution is -2.37. The number of rotatable bonds is 8. The van der Waals surface area contributed by atoms with E-state index < -0.39 is 5.97 Å². The van der Waals surface area contributed by atoms with Crippen LogP contribution in [0.4, 0.5) is 5.69 Å². The van der Waals surface area contributed by atoms with E-state index in [9.17, 15) is 14.7 Å². The average molecular weight is 510 g/mol. The Morgan fingerprint density at radius 1 is 1.14 bits per heavy atom. The number of carboxylic acid groups (broad SMARTS) is 1. The third-order valence-corrected chi connectivity index (χ3v) is 6.76. The van der Waals surface area contributed by atoms with Gasteiger partial charge in [0, 0.05) is 36.3 Å². The number of anilines is 1. The second-order valence-corrected chi connectivity index (χ2v) is 10.3. The molecule has 0 radical (unpaired) electrons. The molecule has 2 aliphatic heterocycles. The molecule has 37 heavy (non-hydrogen) atoms. The van der Waals surface area contributed by atoms with Gasteiger partial charge in [0.05, 0.1) is 39.2 Å². The van der Waals surface area contributed by atoms with Gasteiger partial charge in [0.1, 0.15) is 22.9 Å². The molecule has 9 nitrogen and oxygen atoms in total. The fourth-order valence-electron chi connectivity index (χ4n) is 4.86. The molecule has 198 valence electrons. The van der Waals surface area contributed by atoms with Crippen LogP contribution in [-0.2, 0) is 16.7 Å². The highest BCUT2D eigenvalue weighted by molar-refractivity contribution is 6.07.